The van der Waals surface area contributed by atoms with Crippen molar-refractivity contribution in [1.82, 2.24) is 0 Å². The Kier molecular flexibility index (Phi) is 2.25. The number of hydrogen-bond donors (Lipinski definition) is 2. The van der Waals surface area contributed by atoms with Gasteiger partial charge in [0.2, 0.25) is 0 Å². The number of para-hydroxylation sites is 1. The van der Waals surface area contributed by atoms with E-state index in [9.17, 15) is 0 Å². The second kappa shape index (κ2) is 3.56. The van der Waals surface area contributed by atoms with Gasteiger partial charge in [-0.15, -0.1) is 0 Å². The average molecular weight is 189 g/mol. The summed E-state index contributed by atoms with van der Waals surface area (Å²) >= 11 is 0. The molecule has 4 heteroatoms. The van der Waals surface area contributed by atoms with Crippen LogP contribution in [0, 0.1) is 11.3 Å². The maximum atomic E-state index is 8.86. The maximum Gasteiger partial charge on any atom is 0.160 e. The van der Waals surface area contributed by atoms with Crippen molar-refractivity contribution in [2.45, 2.75) is 6.10 Å². The second-order valence-electron chi connectivity index (χ2n) is 3.15. The maximum absolute atomic E-state index is 8.86. The fraction of sp³-hybridized carbons (Fsp3) is 0.300. The minimum atomic E-state index is -0.0444. The molecule has 2 rings (SSSR count). The van der Waals surface area contributed by atoms with Crippen molar-refractivity contribution >= 4 is 5.69 Å². The van der Waals surface area contributed by atoms with Crippen molar-refractivity contribution in [3.63, 3.8) is 0 Å². The normalized spacial score (nSPS) is 18.7. The smallest absolute Gasteiger partial charge is 0.160 e. The Morgan fingerprint density at radius 2 is 2.50 bits per heavy atom. The van der Waals surface area contributed by atoms with Crippen LogP contribution in [0.25, 0.3) is 0 Å². The summed E-state index contributed by atoms with van der Waals surface area (Å²) in [6.45, 7) is 1.14. The van der Waals surface area contributed by atoms with E-state index in [2.05, 4.69) is 11.4 Å². The van der Waals surface area contributed by atoms with E-state index in [1.165, 1.54) is 0 Å². The molecule has 0 bridgehead atoms. The zero-order chi connectivity index (χ0) is 9.97. The summed E-state index contributed by atoms with van der Waals surface area (Å²) in [5.74, 6) is 0.622. The number of nitrogens with zero attached hydrogens (tertiary/aromatic N) is 1. The number of ether oxygens (including phenoxy) is 1. The molecule has 0 aliphatic carbocycles. The van der Waals surface area contributed by atoms with Crippen LogP contribution in [0.15, 0.2) is 18.2 Å². The number of hydrogen-bond acceptors (Lipinski definition) is 4. The highest BCUT2D eigenvalue weighted by Crippen LogP contribution is 2.31. The molecule has 0 fully saturated rings. The van der Waals surface area contributed by atoms with E-state index in [0.717, 1.165) is 5.69 Å². The molecule has 1 atom stereocenters. The minimum absolute atomic E-state index is 0.0444. The molecular weight excluding hydrogens is 178 g/mol. The third-order valence-corrected chi connectivity index (χ3v) is 2.20. The number of rotatable bonds is 1. The van der Waals surface area contributed by atoms with Gasteiger partial charge in [-0.05, 0) is 12.1 Å². The number of benzene rings is 1. The lowest BCUT2D eigenvalue weighted by atomic mass is 10.1. The lowest BCUT2D eigenvalue weighted by molar-refractivity contribution is 0.213. The van der Waals surface area contributed by atoms with Crippen molar-refractivity contribution in [3.8, 4) is 11.8 Å². The molecule has 0 saturated carbocycles. The topological polar surface area (TPSA) is 71.1 Å². The second-order valence-corrected chi connectivity index (χ2v) is 3.15. The first-order chi connectivity index (χ1) is 6.85. The molecule has 72 valence electrons. The van der Waals surface area contributed by atoms with Crippen LogP contribution in [0.5, 0.6) is 5.75 Å². The number of nitriles is 1. The van der Waals surface area contributed by atoms with Crippen LogP contribution in [0.3, 0.4) is 0 Å². The lowest BCUT2D eigenvalue weighted by Crippen LogP contribution is -2.37. The number of nitrogens with one attached hydrogen (secondary N) is 1. The van der Waals surface area contributed by atoms with Crippen LogP contribution < -0.4 is 15.8 Å². The first kappa shape index (κ1) is 8.85. The summed E-state index contributed by atoms with van der Waals surface area (Å²) in [5.41, 5.74) is 6.92. The minimum Gasteiger partial charge on any atom is -0.484 e. The van der Waals surface area contributed by atoms with Crippen LogP contribution in [0.1, 0.15) is 5.56 Å². The van der Waals surface area contributed by atoms with Crippen LogP contribution >= 0.6 is 0 Å². The molecule has 4 nitrogen and oxygen atoms in total. The number of fused-ring (bicyclic) bond motifs is 1. The summed E-state index contributed by atoms with van der Waals surface area (Å²) in [6, 6.07) is 7.55. The first-order valence-electron chi connectivity index (χ1n) is 4.49. The molecule has 3 N–H and O–H groups in total. The van der Waals surface area contributed by atoms with Gasteiger partial charge < -0.3 is 15.8 Å². The van der Waals surface area contributed by atoms with Crippen LogP contribution in [-0.4, -0.2) is 19.2 Å². The van der Waals surface area contributed by atoms with E-state index < -0.39 is 0 Å². The van der Waals surface area contributed by atoms with Gasteiger partial charge in [0.25, 0.3) is 0 Å². The Morgan fingerprint density at radius 1 is 1.64 bits per heavy atom. The van der Waals surface area contributed by atoms with Gasteiger partial charge in [-0.1, -0.05) is 6.07 Å². The molecule has 1 aromatic carbocycles. The quantitative estimate of drug-likeness (QED) is 0.681. The highest BCUT2D eigenvalue weighted by Gasteiger charge is 2.20. The molecule has 0 unspecified atom stereocenters. The summed E-state index contributed by atoms with van der Waals surface area (Å²) < 4.78 is 5.59. The van der Waals surface area contributed by atoms with E-state index >= 15 is 0 Å². The molecule has 0 spiro atoms. The fourth-order valence-corrected chi connectivity index (χ4v) is 1.45. The molecule has 14 heavy (non-hydrogen) atoms. The lowest BCUT2D eigenvalue weighted by Gasteiger charge is -2.26. The predicted octanol–water partition coefficient (Wildman–Crippen LogP) is 0.690. The van der Waals surface area contributed by atoms with Crippen molar-refractivity contribution in [2.75, 3.05) is 18.4 Å². The zero-order valence-corrected chi connectivity index (χ0v) is 7.66. The predicted molar refractivity (Wildman–Crippen MR) is 53.1 cm³/mol. The number of nitrogens with two attached hydrogens (primary N) is 1. The van der Waals surface area contributed by atoms with E-state index in [-0.39, 0.29) is 6.10 Å². The zero-order valence-electron chi connectivity index (χ0n) is 7.66. The molecule has 0 saturated heterocycles. The first-order valence-corrected chi connectivity index (χ1v) is 4.49. The molecule has 0 amide bonds. The summed E-state index contributed by atoms with van der Waals surface area (Å²) in [7, 11) is 0. The van der Waals surface area contributed by atoms with Gasteiger partial charge in [-0.3, -0.25) is 0 Å². The molecule has 0 aromatic heterocycles. The standard InChI is InChI=1S/C10H11N3O/c11-4-7-2-1-3-9-10(7)14-8(5-12)6-13-9/h1-3,8,13H,5-6,12H2/t8-/m0/s1. The average Bonchev–Trinajstić information content (AvgIpc) is 2.27. The van der Waals surface area contributed by atoms with E-state index in [1.54, 1.807) is 6.07 Å². The van der Waals surface area contributed by atoms with E-state index in [0.29, 0.717) is 24.4 Å². The Bertz CT molecular complexity index is 383. The Hall–Kier alpha value is -1.73. The molecule has 1 aliphatic rings. The molecule has 1 aliphatic heterocycles. The van der Waals surface area contributed by atoms with Gasteiger partial charge in [0.15, 0.2) is 5.75 Å². The summed E-state index contributed by atoms with van der Waals surface area (Å²) in [6.07, 6.45) is -0.0444. The largest absolute Gasteiger partial charge is 0.484 e. The van der Waals surface area contributed by atoms with Gasteiger partial charge in [0, 0.05) is 6.54 Å². The van der Waals surface area contributed by atoms with Crippen LogP contribution in [0.4, 0.5) is 5.69 Å². The van der Waals surface area contributed by atoms with Crippen molar-refractivity contribution in [3.05, 3.63) is 23.8 Å². The summed E-state index contributed by atoms with van der Waals surface area (Å²) in [5, 5.41) is 12.0. The Balaban J connectivity index is 2.39. The molecule has 1 heterocycles. The van der Waals surface area contributed by atoms with Crippen LogP contribution in [0.2, 0.25) is 0 Å². The number of anilines is 1. The molecule has 1 aromatic rings. The van der Waals surface area contributed by atoms with E-state index in [4.69, 9.17) is 15.7 Å². The van der Waals surface area contributed by atoms with Gasteiger partial charge >= 0.3 is 0 Å². The third kappa shape index (κ3) is 1.38. The Labute approximate surface area is 82.3 Å². The van der Waals surface area contributed by atoms with Crippen molar-refractivity contribution in [1.29, 1.82) is 5.26 Å². The van der Waals surface area contributed by atoms with Crippen molar-refractivity contribution < 1.29 is 4.74 Å². The van der Waals surface area contributed by atoms with Gasteiger partial charge in [-0.25, -0.2) is 0 Å². The summed E-state index contributed by atoms with van der Waals surface area (Å²) in [4.78, 5) is 0. The molecule has 0 radical (unpaired) electrons. The van der Waals surface area contributed by atoms with Gasteiger partial charge in [0.1, 0.15) is 12.2 Å². The Morgan fingerprint density at radius 3 is 3.21 bits per heavy atom. The van der Waals surface area contributed by atoms with E-state index in [1.807, 2.05) is 12.1 Å². The van der Waals surface area contributed by atoms with Gasteiger partial charge in [0.05, 0.1) is 17.8 Å². The highest BCUT2D eigenvalue weighted by atomic mass is 16.5. The van der Waals surface area contributed by atoms with Crippen LogP contribution in [-0.2, 0) is 0 Å². The van der Waals surface area contributed by atoms with Crippen molar-refractivity contribution in [2.24, 2.45) is 5.73 Å². The fourth-order valence-electron chi connectivity index (χ4n) is 1.45. The monoisotopic (exact) mass is 189 g/mol. The van der Waals surface area contributed by atoms with Gasteiger partial charge in [-0.2, -0.15) is 5.26 Å². The molecular formula is C10H11N3O. The highest BCUT2D eigenvalue weighted by molar-refractivity contribution is 5.64. The third-order valence-electron chi connectivity index (χ3n) is 2.20. The SMILES string of the molecule is N#Cc1cccc2c1O[C@@H](CN)CN2.